The number of aromatic amines is 1. The van der Waals surface area contributed by atoms with Crippen molar-refractivity contribution in [2.75, 3.05) is 39.4 Å². The van der Waals surface area contributed by atoms with Gasteiger partial charge in [-0.15, -0.1) is 0 Å². The summed E-state index contributed by atoms with van der Waals surface area (Å²) in [5.41, 5.74) is 12.9. The minimum Gasteiger partial charge on any atom is -0.379 e. The zero-order valence-electron chi connectivity index (χ0n) is 20.6. The van der Waals surface area contributed by atoms with Crippen molar-refractivity contribution < 1.29 is 9.53 Å². The van der Waals surface area contributed by atoms with Crippen LogP contribution >= 0.6 is 0 Å². The van der Waals surface area contributed by atoms with Gasteiger partial charge < -0.3 is 15.8 Å². The number of hydrogen-bond donors (Lipinski definition) is 4. The van der Waals surface area contributed by atoms with Gasteiger partial charge in [-0.3, -0.25) is 24.4 Å². The largest absolute Gasteiger partial charge is 0.379 e. The van der Waals surface area contributed by atoms with E-state index in [4.69, 9.17) is 10.5 Å². The second-order valence-corrected chi connectivity index (χ2v) is 8.99. The van der Waals surface area contributed by atoms with Gasteiger partial charge in [0.25, 0.3) is 11.5 Å². The van der Waals surface area contributed by atoms with Crippen molar-refractivity contribution in [3.8, 4) is 22.4 Å². The van der Waals surface area contributed by atoms with E-state index in [1.807, 2.05) is 52.0 Å². The molecule has 0 atom stereocenters. The van der Waals surface area contributed by atoms with E-state index in [0.29, 0.717) is 55.4 Å². The number of ether oxygens (including phenoxy) is 1. The summed E-state index contributed by atoms with van der Waals surface area (Å²) < 4.78 is 7.12. The normalized spacial score (nSPS) is 14.2. The van der Waals surface area contributed by atoms with Gasteiger partial charge in [0.05, 0.1) is 24.5 Å². The summed E-state index contributed by atoms with van der Waals surface area (Å²) in [7, 11) is 0. The summed E-state index contributed by atoms with van der Waals surface area (Å²) in [5, 5.41) is 5.22. The fourth-order valence-corrected chi connectivity index (χ4v) is 4.23. The molecule has 1 aliphatic heterocycles. The Morgan fingerprint density at radius 3 is 2.49 bits per heavy atom. The van der Waals surface area contributed by atoms with E-state index >= 15 is 0 Å². The first kappa shape index (κ1) is 24.8. The van der Waals surface area contributed by atoms with Gasteiger partial charge in [0, 0.05) is 43.2 Å². The Hall–Kier alpha value is -3.83. The number of nitrogens with one attached hydrogen (secondary N) is 3. The lowest BCUT2D eigenvalue weighted by molar-refractivity contribution is 0.0126. The van der Waals surface area contributed by atoms with Crippen molar-refractivity contribution in [3.05, 3.63) is 82.4 Å². The van der Waals surface area contributed by atoms with Crippen LogP contribution in [0.15, 0.2) is 65.7 Å². The highest BCUT2D eigenvalue weighted by Gasteiger charge is 2.15. The van der Waals surface area contributed by atoms with Crippen LogP contribution in [0.5, 0.6) is 0 Å². The average molecular weight is 502 g/mol. The van der Waals surface area contributed by atoms with Crippen LogP contribution in [0.2, 0.25) is 0 Å². The summed E-state index contributed by atoms with van der Waals surface area (Å²) in [4.78, 5) is 32.8. The van der Waals surface area contributed by atoms with E-state index < -0.39 is 0 Å². The summed E-state index contributed by atoms with van der Waals surface area (Å²) in [6.07, 6.45) is 4.60. The van der Waals surface area contributed by atoms with E-state index in [9.17, 15) is 9.59 Å². The van der Waals surface area contributed by atoms with Crippen LogP contribution < -0.4 is 22.0 Å². The van der Waals surface area contributed by atoms with Crippen molar-refractivity contribution in [1.82, 2.24) is 30.1 Å². The van der Waals surface area contributed by atoms with Gasteiger partial charge in [-0.1, -0.05) is 36.4 Å². The molecule has 1 fully saturated rings. The molecule has 4 aromatic rings. The molecule has 0 saturated carbocycles. The standard InChI is InChI=1S/C27H31N7O3/c28-10-1-11-29-16-19-2-4-20(5-3-19)23-17-33-18-24(30-27(33)31-26(23)36)21-6-8-22(9-7-21)25(35)32-34-12-14-37-15-13-34/h2-9,17-18,29H,1,10-16,28H2,(H,32,35)(H,30,31,36). The van der Waals surface area contributed by atoms with Crippen LogP contribution in [0.3, 0.4) is 0 Å². The third-order valence-electron chi connectivity index (χ3n) is 6.34. The third-order valence-corrected chi connectivity index (χ3v) is 6.34. The fourth-order valence-electron chi connectivity index (χ4n) is 4.23. The molecule has 0 spiro atoms. The van der Waals surface area contributed by atoms with Crippen LogP contribution in [-0.2, 0) is 11.3 Å². The molecular weight excluding hydrogens is 470 g/mol. The van der Waals surface area contributed by atoms with Gasteiger partial charge in [-0.2, -0.15) is 0 Å². The number of carbonyl (C=O) groups is 1. The Balaban J connectivity index is 1.30. The highest BCUT2D eigenvalue weighted by molar-refractivity contribution is 5.94. The molecule has 2 aromatic carbocycles. The van der Waals surface area contributed by atoms with Crippen molar-refractivity contribution >= 4 is 11.7 Å². The van der Waals surface area contributed by atoms with Crippen LogP contribution in [0.25, 0.3) is 28.2 Å². The van der Waals surface area contributed by atoms with E-state index in [1.165, 1.54) is 0 Å². The number of benzene rings is 2. The van der Waals surface area contributed by atoms with Crippen molar-refractivity contribution in [2.24, 2.45) is 5.73 Å². The number of amides is 1. The number of fused-ring (bicyclic) bond motifs is 1. The molecule has 0 unspecified atom stereocenters. The molecular formula is C27H31N7O3. The topological polar surface area (TPSA) is 130 Å². The van der Waals surface area contributed by atoms with Gasteiger partial charge in [0.1, 0.15) is 0 Å². The van der Waals surface area contributed by atoms with Gasteiger partial charge in [-0.25, -0.2) is 9.99 Å². The van der Waals surface area contributed by atoms with E-state index in [2.05, 4.69) is 20.7 Å². The number of rotatable bonds is 9. The molecule has 192 valence electrons. The molecule has 5 N–H and O–H groups in total. The minimum absolute atomic E-state index is 0.158. The SMILES string of the molecule is NCCCNCc1ccc(-c2cn3cc(-c4ccc(C(=O)NN5CCOCC5)cc4)nc3[nH]c2=O)cc1. The van der Waals surface area contributed by atoms with E-state index in [1.54, 1.807) is 18.3 Å². The van der Waals surface area contributed by atoms with Crippen molar-refractivity contribution in [3.63, 3.8) is 0 Å². The van der Waals surface area contributed by atoms with Gasteiger partial charge in [0.15, 0.2) is 0 Å². The molecule has 0 bridgehead atoms. The highest BCUT2D eigenvalue weighted by Crippen LogP contribution is 2.21. The first-order valence-corrected chi connectivity index (χ1v) is 12.5. The molecule has 1 saturated heterocycles. The molecule has 1 amide bonds. The monoisotopic (exact) mass is 501 g/mol. The first-order chi connectivity index (χ1) is 18.1. The second-order valence-electron chi connectivity index (χ2n) is 8.99. The molecule has 1 aliphatic rings. The first-order valence-electron chi connectivity index (χ1n) is 12.5. The van der Waals surface area contributed by atoms with Crippen molar-refractivity contribution in [1.29, 1.82) is 0 Å². The lowest BCUT2D eigenvalue weighted by Gasteiger charge is -2.26. The van der Waals surface area contributed by atoms with Gasteiger partial charge >= 0.3 is 0 Å². The summed E-state index contributed by atoms with van der Waals surface area (Å²) >= 11 is 0. The average Bonchev–Trinajstić information content (AvgIpc) is 3.34. The summed E-state index contributed by atoms with van der Waals surface area (Å²) in [6.45, 7) is 4.86. The Morgan fingerprint density at radius 2 is 1.76 bits per heavy atom. The summed E-state index contributed by atoms with van der Waals surface area (Å²) in [6, 6.07) is 15.2. The maximum Gasteiger partial charge on any atom is 0.265 e. The Labute approximate surface area is 214 Å². The molecule has 37 heavy (non-hydrogen) atoms. The van der Waals surface area contributed by atoms with Crippen LogP contribution in [0, 0.1) is 0 Å². The number of morpholine rings is 1. The van der Waals surface area contributed by atoms with Gasteiger partial charge in [0.2, 0.25) is 5.78 Å². The molecule has 5 rings (SSSR count). The Morgan fingerprint density at radius 1 is 1.03 bits per heavy atom. The second kappa shape index (κ2) is 11.5. The minimum atomic E-state index is -0.200. The van der Waals surface area contributed by atoms with Gasteiger partial charge in [-0.05, 0) is 42.8 Å². The maximum absolute atomic E-state index is 12.8. The van der Waals surface area contributed by atoms with Crippen LogP contribution in [-0.4, -0.2) is 64.7 Å². The number of carbonyl (C=O) groups excluding carboxylic acids is 1. The lowest BCUT2D eigenvalue weighted by Crippen LogP contribution is -2.48. The smallest absolute Gasteiger partial charge is 0.265 e. The highest BCUT2D eigenvalue weighted by atomic mass is 16.5. The van der Waals surface area contributed by atoms with Crippen molar-refractivity contribution in [2.45, 2.75) is 13.0 Å². The van der Waals surface area contributed by atoms with E-state index in [0.717, 1.165) is 36.2 Å². The van der Waals surface area contributed by atoms with Crippen LogP contribution in [0.4, 0.5) is 0 Å². The van der Waals surface area contributed by atoms with Crippen LogP contribution in [0.1, 0.15) is 22.3 Å². The number of H-pyrrole nitrogens is 1. The number of hydrogen-bond acceptors (Lipinski definition) is 7. The molecule has 3 heterocycles. The zero-order chi connectivity index (χ0) is 25.6. The molecule has 0 radical (unpaired) electrons. The summed E-state index contributed by atoms with van der Waals surface area (Å²) in [5.74, 6) is 0.299. The predicted molar refractivity (Wildman–Crippen MR) is 142 cm³/mol. The quantitative estimate of drug-likeness (QED) is 0.257. The molecule has 10 heteroatoms. The molecule has 10 nitrogen and oxygen atoms in total. The number of hydrazine groups is 1. The Kier molecular flexibility index (Phi) is 7.71. The number of nitrogens with two attached hydrogens (primary N) is 1. The zero-order valence-corrected chi connectivity index (χ0v) is 20.6. The number of imidazole rings is 1. The predicted octanol–water partition coefficient (Wildman–Crippen LogP) is 1.77. The number of nitrogens with zero attached hydrogens (tertiary/aromatic N) is 3. The molecule has 0 aliphatic carbocycles. The maximum atomic E-state index is 12.8. The van der Waals surface area contributed by atoms with E-state index in [-0.39, 0.29) is 11.5 Å². The lowest BCUT2D eigenvalue weighted by atomic mass is 10.1. The Bertz CT molecular complexity index is 1400. The third kappa shape index (κ3) is 5.95. The molecule has 2 aromatic heterocycles. The number of aromatic nitrogens is 3. The fraction of sp³-hybridized carbons (Fsp3) is 0.296.